The van der Waals surface area contributed by atoms with E-state index in [0.717, 1.165) is 13.0 Å². The Bertz CT molecular complexity index is 584. The third-order valence-electron chi connectivity index (χ3n) is 3.43. The van der Waals surface area contributed by atoms with Crippen LogP contribution in [-0.4, -0.2) is 11.1 Å². The first-order valence-corrected chi connectivity index (χ1v) is 6.68. The zero-order valence-electron chi connectivity index (χ0n) is 10.0. The molecule has 2 aromatic rings. The zero-order valence-corrected chi connectivity index (χ0v) is 11.6. The molecule has 1 N–H and O–H groups in total. The second kappa shape index (κ2) is 3.91. The summed E-state index contributed by atoms with van der Waals surface area (Å²) >= 11 is 3.59. The minimum atomic E-state index is 1.06. The summed E-state index contributed by atoms with van der Waals surface area (Å²) in [5.74, 6) is 0. The molecule has 0 fully saturated rings. The van der Waals surface area contributed by atoms with E-state index < -0.39 is 0 Å². The molecule has 2 nitrogen and oxygen atoms in total. The topological polar surface area (TPSA) is 17.0 Å². The molecule has 3 heteroatoms. The van der Waals surface area contributed by atoms with Crippen LogP contribution in [0.15, 0.2) is 28.7 Å². The van der Waals surface area contributed by atoms with Crippen molar-refractivity contribution in [3.8, 4) is 5.69 Å². The molecule has 88 valence electrons. The van der Waals surface area contributed by atoms with Crippen molar-refractivity contribution in [1.82, 2.24) is 4.57 Å². The van der Waals surface area contributed by atoms with Gasteiger partial charge in [-0.05, 0) is 60.0 Å². The van der Waals surface area contributed by atoms with Gasteiger partial charge in [-0.25, -0.2) is 0 Å². The summed E-state index contributed by atoms with van der Waals surface area (Å²) < 4.78 is 3.45. The molecule has 17 heavy (non-hydrogen) atoms. The van der Waals surface area contributed by atoms with E-state index in [1.165, 1.54) is 32.8 Å². The van der Waals surface area contributed by atoms with Crippen LogP contribution >= 0.6 is 15.9 Å². The van der Waals surface area contributed by atoms with Crippen molar-refractivity contribution in [2.45, 2.75) is 20.3 Å². The largest absolute Gasteiger partial charge is 0.384 e. The number of anilines is 1. The van der Waals surface area contributed by atoms with Crippen LogP contribution < -0.4 is 5.32 Å². The molecule has 1 aromatic carbocycles. The Morgan fingerprint density at radius 3 is 2.76 bits per heavy atom. The van der Waals surface area contributed by atoms with E-state index in [1.54, 1.807) is 0 Å². The number of nitrogens with zero attached hydrogens (tertiary/aromatic N) is 1. The number of nitrogens with one attached hydrogen (secondary N) is 1. The number of halogens is 1. The van der Waals surface area contributed by atoms with Gasteiger partial charge in [-0.15, -0.1) is 0 Å². The van der Waals surface area contributed by atoms with Crippen LogP contribution in [0.4, 0.5) is 5.69 Å². The van der Waals surface area contributed by atoms with Crippen LogP contribution in [0.5, 0.6) is 0 Å². The van der Waals surface area contributed by atoms with Gasteiger partial charge in [0, 0.05) is 33.8 Å². The van der Waals surface area contributed by atoms with E-state index in [4.69, 9.17) is 0 Å². The molecule has 0 spiro atoms. The molecular formula is C14H15BrN2. The van der Waals surface area contributed by atoms with Gasteiger partial charge >= 0.3 is 0 Å². The Morgan fingerprint density at radius 1 is 1.24 bits per heavy atom. The quantitative estimate of drug-likeness (QED) is 0.845. The van der Waals surface area contributed by atoms with E-state index in [0.29, 0.717) is 0 Å². The average molecular weight is 291 g/mol. The second-order valence-corrected chi connectivity index (χ2v) is 5.43. The highest BCUT2D eigenvalue weighted by molar-refractivity contribution is 9.10. The van der Waals surface area contributed by atoms with Gasteiger partial charge in [0.1, 0.15) is 0 Å². The number of hydrogen-bond donors (Lipinski definition) is 1. The Morgan fingerprint density at radius 2 is 2.06 bits per heavy atom. The van der Waals surface area contributed by atoms with Gasteiger partial charge in [-0.2, -0.15) is 0 Å². The number of fused-ring (bicyclic) bond motifs is 1. The van der Waals surface area contributed by atoms with E-state index in [-0.39, 0.29) is 0 Å². The van der Waals surface area contributed by atoms with Gasteiger partial charge < -0.3 is 9.88 Å². The number of benzene rings is 1. The SMILES string of the molecule is Cc1cc(Br)c(C)n1-c1ccc2c(c1)NCC2. The highest BCUT2D eigenvalue weighted by Gasteiger charge is 2.13. The van der Waals surface area contributed by atoms with Crippen molar-refractivity contribution in [1.29, 1.82) is 0 Å². The molecule has 1 aromatic heterocycles. The summed E-state index contributed by atoms with van der Waals surface area (Å²) in [6.07, 6.45) is 1.14. The van der Waals surface area contributed by atoms with Crippen molar-refractivity contribution in [3.63, 3.8) is 0 Å². The predicted molar refractivity (Wildman–Crippen MR) is 75.1 cm³/mol. The van der Waals surface area contributed by atoms with Crippen molar-refractivity contribution in [3.05, 3.63) is 45.7 Å². The van der Waals surface area contributed by atoms with E-state index >= 15 is 0 Å². The van der Waals surface area contributed by atoms with Crippen molar-refractivity contribution in [2.75, 3.05) is 11.9 Å². The van der Waals surface area contributed by atoms with Crippen LogP contribution in [0.3, 0.4) is 0 Å². The lowest BCUT2D eigenvalue weighted by atomic mass is 10.1. The normalized spacial score (nSPS) is 13.6. The predicted octanol–water partition coefficient (Wildman–Crippen LogP) is 3.82. The summed E-state index contributed by atoms with van der Waals surface area (Å²) in [6.45, 7) is 5.34. The van der Waals surface area contributed by atoms with E-state index in [9.17, 15) is 0 Å². The maximum Gasteiger partial charge on any atom is 0.0476 e. The highest BCUT2D eigenvalue weighted by Crippen LogP contribution is 2.29. The van der Waals surface area contributed by atoms with Gasteiger partial charge in [0.15, 0.2) is 0 Å². The molecule has 0 aliphatic carbocycles. The fraction of sp³-hybridized carbons (Fsp3) is 0.286. The molecule has 0 atom stereocenters. The average Bonchev–Trinajstić information content (AvgIpc) is 2.84. The molecule has 1 aliphatic rings. The minimum Gasteiger partial charge on any atom is -0.384 e. The fourth-order valence-electron chi connectivity index (χ4n) is 2.54. The number of hydrogen-bond acceptors (Lipinski definition) is 1. The van der Waals surface area contributed by atoms with Gasteiger partial charge in [0.05, 0.1) is 0 Å². The number of rotatable bonds is 1. The third-order valence-corrected chi connectivity index (χ3v) is 4.23. The lowest BCUT2D eigenvalue weighted by Gasteiger charge is -2.11. The van der Waals surface area contributed by atoms with Crippen LogP contribution in [0.2, 0.25) is 0 Å². The van der Waals surface area contributed by atoms with E-state index in [2.05, 4.69) is 63.9 Å². The monoisotopic (exact) mass is 290 g/mol. The molecule has 0 saturated heterocycles. The molecule has 0 radical (unpaired) electrons. The van der Waals surface area contributed by atoms with Crippen LogP contribution in [0.25, 0.3) is 5.69 Å². The molecule has 0 amide bonds. The van der Waals surface area contributed by atoms with Crippen LogP contribution in [0.1, 0.15) is 17.0 Å². The lowest BCUT2D eigenvalue weighted by molar-refractivity contribution is 0.963. The van der Waals surface area contributed by atoms with Crippen molar-refractivity contribution in [2.24, 2.45) is 0 Å². The lowest BCUT2D eigenvalue weighted by Crippen LogP contribution is -1.99. The van der Waals surface area contributed by atoms with Crippen LogP contribution in [0, 0.1) is 13.8 Å². The second-order valence-electron chi connectivity index (χ2n) is 4.57. The number of aryl methyl sites for hydroxylation is 1. The molecular weight excluding hydrogens is 276 g/mol. The molecule has 2 heterocycles. The third kappa shape index (κ3) is 1.69. The smallest absolute Gasteiger partial charge is 0.0476 e. The molecule has 3 rings (SSSR count). The first kappa shape index (κ1) is 10.9. The first-order chi connectivity index (χ1) is 8.16. The summed E-state index contributed by atoms with van der Waals surface area (Å²) in [5.41, 5.74) is 6.45. The van der Waals surface area contributed by atoms with Crippen molar-refractivity contribution < 1.29 is 0 Å². The van der Waals surface area contributed by atoms with Gasteiger partial charge in [-0.1, -0.05) is 6.07 Å². The summed E-state index contributed by atoms with van der Waals surface area (Å²) in [5, 5.41) is 3.43. The molecule has 0 saturated carbocycles. The summed E-state index contributed by atoms with van der Waals surface area (Å²) in [4.78, 5) is 0. The Kier molecular flexibility index (Phi) is 2.51. The zero-order chi connectivity index (χ0) is 12.0. The van der Waals surface area contributed by atoms with Gasteiger partial charge in [0.2, 0.25) is 0 Å². The van der Waals surface area contributed by atoms with Crippen molar-refractivity contribution >= 4 is 21.6 Å². The minimum absolute atomic E-state index is 1.06. The maximum absolute atomic E-state index is 3.59. The highest BCUT2D eigenvalue weighted by atomic mass is 79.9. The standard InChI is InChI=1S/C14H15BrN2/c1-9-7-13(15)10(2)17(9)12-4-3-11-5-6-16-14(11)8-12/h3-4,7-8,16H,5-6H2,1-2H3. The van der Waals surface area contributed by atoms with Crippen LogP contribution in [-0.2, 0) is 6.42 Å². The Labute approximate surface area is 110 Å². The first-order valence-electron chi connectivity index (χ1n) is 5.88. The molecule has 0 unspecified atom stereocenters. The fourth-order valence-corrected chi connectivity index (χ4v) is 3.05. The summed E-state index contributed by atoms with van der Waals surface area (Å²) in [7, 11) is 0. The molecule has 0 bridgehead atoms. The van der Waals surface area contributed by atoms with Gasteiger partial charge in [-0.3, -0.25) is 0 Å². The Balaban J connectivity index is 2.15. The maximum atomic E-state index is 3.59. The summed E-state index contributed by atoms with van der Waals surface area (Å²) in [6, 6.07) is 8.85. The molecule has 1 aliphatic heterocycles. The number of aromatic nitrogens is 1. The Hall–Kier alpha value is -1.22. The van der Waals surface area contributed by atoms with E-state index in [1.807, 2.05) is 0 Å². The van der Waals surface area contributed by atoms with Gasteiger partial charge in [0.25, 0.3) is 0 Å².